The number of ether oxygens (including phenoxy) is 1. The van der Waals surface area contributed by atoms with E-state index in [1.807, 2.05) is 0 Å². The van der Waals surface area contributed by atoms with Crippen LogP contribution in [0.25, 0.3) is 0 Å². The molecule has 2 aromatic rings. The van der Waals surface area contributed by atoms with E-state index < -0.39 is 10.1 Å². The van der Waals surface area contributed by atoms with Crippen molar-refractivity contribution in [2.75, 3.05) is 0 Å². The van der Waals surface area contributed by atoms with Crippen LogP contribution >= 0.6 is 0 Å². The van der Waals surface area contributed by atoms with Gasteiger partial charge in [0.2, 0.25) is 0 Å². The van der Waals surface area contributed by atoms with Crippen LogP contribution in [0, 0.1) is 0 Å². The number of hydrogen-bond donors (Lipinski definition) is 1. The van der Waals surface area contributed by atoms with E-state index in [-0.39, 0.29) is 67.8 Å². The number of rotatable bonds is 16. The molecule has 1 N–H and O–H groups in total. The number of para-hydroxylation sites is 1. The number of hydrogen-bond acceptors (Lipinski definition) is 4. The molecule has 0 radical (unpaired) electrons. The van der Waals surface area contributed by atoms with Crippen molar-refractivity contribution in [3.63, 3.8) is 0 Å². The molecule has 0 unspecified atom stereocenters. The quantitative estimate of drug-likeness (QED) is 0.213. The first-order chi connectivity index (χ1) is 15.4. The van der Waals surface area contributed by atoms with Crippen LogP contribution in [0.3, 0.4) is 0 Å². The maximum atomic E-state index is 12.4. The van der Waals surface area contributed by atoms with Gasteiger partial charge in [0.25, 0.3) is 10.1 Å². The van der Waals surface area contributed by atoms with Crippen molar-refractivity contribution >= 4 is 10.1 Å². The van der Waals surface area contributed by atoms with Crippen molar-refractivity contribution in [1.29, 1.82) is 0 Å². The van der Waals surface area contributed by atoms with Crippen LogP contribution in [0.2, 0.25) is 0 Å². The fraction of sp³-hybridized carbons (Fsp3) is 0.538. The van der Waals surface area contributed by atoms with Crippen molar-refractivity contribution in [1.82, 2.24) is 0 Å². The van der Waals surface area contributed by atoms with Gasteiger partial charge < -0.3 is 9.84 Å². The Balaban J connectivity index is 0.00000544. The SMILES string of the molecule is CCCCCCCCCCCCCCc1c([O-])cccc1Oc1ccccc1S(=O)(=O)O.[K+]. The fourth-order valence-corrected chi connectivity index (χ4v) is 4.51. The van der Waals surface area contributed by atoms with Gasteiger partial charge in [-0.2, -0.15) is 8.42 Å². The summed E-state index contributed by atoms with van der Waals surface area (Å²) < 4.78 is 38.4. The molecule has 33 heavy (non-hydrogen) atoms. The van der Waals surface area contributed by atoms with Gasteiger partial charge in [-0.25, -0.2) is 0 Å². The monoisotopic (exact) mass is 500 g/mol. The zero-order valence-corrected chi connectivity index (χ0v) is 24.2. The third kappa shape index (κ3) is 11.7. The van der Waals surface area contributed by atoms with Crippen molar-refractivity contribution in [3.05, 3.63) is 48.0 Å². The minimum atomic E-state index is -4.42. The first kappa shape index (κ1) is 30.6. The van der Waals surface area contributed by atoms with E-state index in [1.165, 1.54) is 82.1 Å². The second-order valence-corrected chi connectivity index (χ2v) is 9.79. The molecule has 0 aliphatic heterocycles. The summed E-state index contributed by atoms with van der Waals surface area (Å²) >= 11 is 0. The summed E-state index contributed by atoms with van der Waals surface area (Å²) in [7, 11) is -4.42. The molecule has 7 heteroatoms. The van der Waals surface area contributed by atoms with E-state index in [0.29, 0.717) is 17.7 Å². The molecule has 0 amide bonds. The summed E-state index contributed by atoms with van der Waals surface area (Å²) in [5.74, 6) is 0.239. The van der Waals surface area contributed by atoms with Crippen LogP contribution in [0.4, 0.5) is 0 Å². The number of benzene rings is 2. The van der Waals surface area contributed by atoms with Crippen molar-refractivity contribution in [3.8, 4) is 17.2 Å². The van der Waals surface area contributed by atoms with Crippen LogP contribution in [-0.4, -0.2) is 13.0 Å². The van der Waals surface area contributed by atoms with E-state index in [4.69, 9.17) is 4.74 Å². The second-order valence-electron chi connectivity index (χ2n) is 8.40. The first-order valence-corrected chi connectivity index (χ1v) is 13.4. The Morgan fingerprint density at radius 3 is 1.85 bits per heavy atom. The Kier molecular flexibility index (Phi) is 15.9. The van der Waals surface area contributed by atoms with Gasteiger partial charge in [-0.15, -0.1) is 5.75 Å². The molecule has 5 nitrogen and oxygen atoms in total. The molecule has 0 heterocycles. The van der Waals surface area contributed by atoms with E-state index >= 15 is 0 Å². The molecule has 2 rings (SSSR count). The summed E-state index contributed by atoms with van der Waals surface area (Å²) in [5, 5.41) is 12.4. The minimum Gasteiger partial charge on any atom is -0.872 e. The van der Waals surface area contributed by atoms with E-state index in [0.717, 1.165) is 19.3 Å². The van der Waals surface area contributed by atoms with Crippen LogP contribution in [0.5, 0.6) is 17.2 Å². The first-order valence-electron chi connectivity index (χ1n) is 12.0. The van der Waals surface area contributed by atoms with Gasteiger partial charge in [0.05, 0.1) is 0 Å². The topological polar surface area (TPSA) is 86.7 Å². The van der Waals surface area contributed by atoms with Gasteiger partial charge in [-0.05, 0) is 36.6 Å². The molecule has 0 spiro atoms. The van der Waals surface area contributed by atoms with Crippen LogP contribution in [0.1, 0.15) is 89.5 Å². The maximum Gasteiger partial charge on any atom is 1.00 e. The standard InChI is InChI=1S/C26H38O5S.K/c1-2-3-4-5-6-7-8-9-10-11-12-13-17-22-23(27)18-16-20-24(22)31-25-19-14-15-21-26(25)32(28,29)30;/h14-16,18-21,27H,2-13,17H2,1H3,(H,28,29,30);/q;+1/p-1. The number of unbranched alkanes of at least 4 members (excludes halogenated alkanes) is 11. The molecule has 2 aromatic carbocycles. The predicted octanol–water partition coefficient (Wildman–Crippen LogP) is 4.05. The largest absolute Gasteiger partial charge is 1.00 e. The molecule has 178 valence electrons. The van der Waals surface area contributed by atoms with Crippen LogP contribution in [-0.2, 0) is 16.5 Å². The third-order valence-electron chi connectivity index (χ3n) is 5.72. The van der Waals surface area contributed by atoms with Crippen molar-refractivity contribution < 1.29 is 74.2 Å². The fourth-order valence-electron chi connectivity index (χ4n) is 3.90. The average Bonchev–Trinajstić information content (AvgIpc) is 2.76. The molecule has 0 atom stereocenters. The zero-order valence-electron chi connectivity index (χ0n) is 20.2. The molecule has 0 fully saturated rings. The predicted molar refractivity (Wildman–Crippen MR) is 127 cm³/mol. The smallest absolute Gasteiger partial charge is 0.872 e. The Bertz CT molecular complexity index is 915. The Labute approximate surface area is 242 Å². The van der Waals surface area contributed by atoms with Gasteiger partial charge in [-0.3, -0.25) is 4.55 Å². The average molecular weight is 501 g/mol. The van der Waals surface area contributed by atoms with Crippen LogP contribution in [0.15, 0.2) is 47.4 Å². The van der Waals surface area contributed by atoms with Gasteiger partial charge in [0.15, 0.2) is 0 Å². The molecular formula is C26H37KO5S. The van der Waals surface area contributed by atoms with Gasteiger partial charge in [-0.1, -0.05) is 102 Å². The molecule has 0 bridgehead atoms. The Hall–Kier alpha value is -0.414. The van der Waals surface area contributed by atoms with Crippen molar-refractivity contribution in [2.24, 2.45) is 0 Å². The molecule has 0 aliphatic rings. The summed E-state index contributed by atoms with van der Waals surface area (Å²) in [4.78, 5) is -0.312. The summed E-state index contributed by atoms with van der Waals surface area (Å²) in [6.45, 7) is 2.24. The normalized spacial score (nSPS) is 11.2. The summed E-state index contributed by atoms with van der Waals surface area (Å²) in [6, 6.07) is 10.6. The van der Waals surface area contributed by atoms with Gasteiger partial charge in [0.1, 0.15) is 16.4 Å². The second kappa shape index (κ2) is 17.1. The Morgan fingerprint density at radius 1 is 0.758 bits per heavy atom. The van der Waals surface area contributed by atoms with Gasteiger partial charge >= 0.3 is 51.4 Å². The Morgan fingerprint density at radius 2 is 1.27 bits per heavy atom. The third-order valence-corrected chi connectivity index (χ3v) is 6.61. The molecule has 0 saturated carbocycles. The summed E-state index contributed by atoms with van der Waals surface area (Å²) in [5.41, 5.74) is 0.546. The minimum absolute atomic E-state index is 0. The van der Waals surface area contributed by atoms with E-state index in [2.05, 4.69) is 6.92 Å². The summed E-state index contributed by atoms with van der Waals surface area (Å²) in [6.07, 6.45) is 15.5. The molecular weight excluding hydrogens is 463 g/mol. The van der Waals surface area contributed by atoms with Crippen LogP contribution < -0.4 is 61.2 Å². The molecule has 0 aliphatic carbocycles. The maximum absolute atomic E-state index is 12.4. The van der Waals surface area contributed by atoms with Gasteiger partial charge in [0, 0.05) is 0 Å². The zero-order chi connectivity index (χ0) is 23.2. The van der Waals surface area contributed by atoms with Crippen molar-refractivity contribution in [2.45, 2.75) is 95.3 Å². The van der Waals surface area contributed by atoms with E-state index in [1.54, 1.807) is 18.2 Å². The molecule has 0 aromatic heterocycles. The van der Waals surface area contributed by atoms with E-state index in [9.17, 15) is 18.1 Å². The molecule has 0 saturated heterocycles.